The molecule has 0 bridgehead atoms. The topological polar surface area (TPSA) is 250 Å². The van der Waals surface area contributed by atoms with Gasteiger partial charge in [0.2, 0.25) is 0 Å². The first kappa shape index (κ1) is 45.0. The summed E-state index contributed by atoms with van der Waals surface area (Å²) in [5.41, 5.74) is 40.2. The Morgan fingerprint density at radius 1 is 0.433 bits per heavy atom. The van der Waals surface area contributed by atoms with Crippen LogP contribution in [0, 0.1) is 0 Å². The van der Waals surface area contributed by atoms with Crippen LogP contribution in [0.1, 0.15) is 36.1 Å². The molecule has 18 nitrogen and oxygen atoms in total. The Morgan fingerprint density at radius 3 is 1.25 bits per heavy atom. The van der Waals surface area contributed by atoms with E-state index in [-0.39, 0.29) is 13.2 Å². The fraction of sp³-hybridized carbons (Fsp3) is 0.429. The molecule has 2 aliphatic rings. The maximum atomic E-state index is 9.13. The Bertz CT molecular complexity index is 2070. The summed E-state index contributed by atoms with van der Waals surface area (Å²) < 4.78 is 36.0. The van der Waals surface area contributed by atoms with Crippen molar-refractivity contribution >= 4 is 0 Å². The second-order valence-corrected chi connectivity index (χ2v) is 14.1. The Morgan fingerprint density at radius 2 is 0.783 bits per heavy atom. The summed E-state index contributed by atoms with van der Waals surface area (Å²) in [6, 6.07) is 36.2. The summed E-state index contributed by atoms with van der Waals surface area (Å²) >= 11 is 0. The molecule has 0 aromatic heterocycles. The number of hydrogen-bond acceptors (Lipinski definition) is 10. The van der Waals surface area contributed by atoms with Crippen molar-refractivity contribution in [2.24, 2.45) is 20.5 Å². The molecule has 4 aromatic carbocycles. The fourth-order valence-electron chi connectivity index (χ4n) is 7.02. The van der Waals surface area contributed by atoms with E-state index in [1.165, 1.54) is 0 Å². The third-order valence-corrected chi connectivity index (χ3v) is 9.95. The minimum Gasteiger partial charge on any atom is -0.374 e. The number of ether oxygens (including phenoxy) is 6. The van der Waals surface area contributed by atoms with Crippen LogP contribution < -0.4 is 0 Å². The zero-order chi connectivity index (χ0) is 42.4. The molecule has 6 rings (SSSR count). The van der Waals surface area contributed by atoms with Crippen molar-refractivity contribution in [2.45, 2.75) is 101 Å². The van der Waals surface area contributed by atoms with Gasteiger partial charge in [-0.1, -0.05) is 142 Å². The molecule has 10 atom stereocenters. The monoisotopic (exact) mass is 816 g/mol. The molecule has 2 heterocycles. The predicted octanol–water partition coefficient (Wildman–Crippen LogP) is 9.87. The van der Waals surface area contributed by atoms with Gasteiger partial charge in [-0.05, 0) is 58.2 Å². The van der Waals surface area contributed by atoms with Crippen molar-refractivity contribution in [1.82, 2.24) is 0 Å². The highest BCUT2D eigenvalue weighted by Crippen LogP contribution is 2.31. The van der Waals surface area contributed by atoms with E-state index in [0.29, 0.717) is 26.4 Å². The maximum Gasteiger partial charge on any atom is 0.108 e. The van der Waals surface area contributed by atoms with Gasteiger partial charge >= 0.3 is 0 Å². The zero-order valence-electron chi connectivity index (χ0n) is 33.4. The van der Waals surface area contributed by atoms with E-state index in [1.807, 2.05) is 128 Å². The van der Waals surface area contributed by atoms with Gasteiger partial charge in [0, 0.05) is 19.6 Å². The summed E-state index contributed by atoms with van der Waals surface area (Å²) in [5.74, 6) is 0. The van der Waals surface area contributed by atoms with Crippen molar-refractivity contribution in [3.63, 3.8) is 0 Å². The molecule has 0 N–H and O–H groups in total. The van der Waals surface area contributed by atoms with Gasteiger partial charge in [0.25, 0.3) is 0 Å². The van der Waals surface area contributed by atoms with E-state index < -0.39 is 60.8 Å². The molecule has 0 saturated carbocycles. The average Bonchev–Trinajstić information content (AvgIpc) is 3.27. The molecule has 2 aliphatic heterocycles. The standard InChI is InChI=1S/2C21H24N6O3/c1-15-19(24-26-22)20(25-27-23)21(29-13-17-10-6-3-7-11-17)18(30-15)14-28-12-16-8-4-2-5-9-16;1-15-19(24-26-22)21(29-13-17-10-6-3-7-11-17)20(25-27-23)18(30-15)14-28-12-16-8-4-2-5-9-16/h2*2-11,15,18-21H,12-14H2,1H3/t2*15-,18+,19-,20+,21+/m00/s1. The van der Waals surface area contributed by atoms with Crippen LogP contribution in [0.15, 0.2) is 142 Å². The van der Waals surface area contributed by atoms with Gasteiger partial charge in [0.05, 0.1) is 94.3 Å². The number of hydrogen-bond donors (Lipinski definition) is 0. The average molecular weight is 817 g/mol. The highest BCUT2D eigenvalue weighted by atomic mass is 16.6. The predicted molar refractivity (Wildman–Crippen MR) is 223 cm³/mol. The lowest BCUT2D eigenvalue weighted by molar-refractivity contribution is -0.175. The number of nitrogens with zero attached hydrogens (tertiary/aromatic N) is 12. The maximum absolute atomic E-state index is 9.13. The van der Waals surface area contributed by atoms with Crippen molar-refractivity contribution in [2.75, 3.05) is 13.2 Å². The Kier molecular flexibility index (Phi) is 18.5. The molecule has 4 aromatic rings. The van der Waals surface area contributed by atoms with Gasteiger partial charge in [-0.2, -0.15) is 0 Å². The van der Waals surface area contributed by atoms with Crippen molar-refractivity contribution in [3.05, 3.63) is 185 Å². The first-order valence-corrected chi connectivity index (χ1v) is 19.5. The molecule has 60 heavy (non-hydrogen) atoms. The van der Waals surface area contributed by atoms with Gasteiger partial charge in [-0.3, -0.25) is 0 Å². The third-order valence-electron chi connectivity index (χ3n) is 9.95. The highest BCUT2D eigenvalue weighted by molar-refractivity contribution is 5.16. The lowest BCUT2D eigenvalue weighted by atomic mass is 9.92. The summed E-state index contributed by atoms with van der Waals surface area (Å²) in [7, 11) is 0. The third kappa shape index (κ3) is 13.5. The lowest BCUT2D eigenvalue weighted by Crippen LogP contribution is -2.57. The minimum absolute atomic E-state index is 0.219. The van der Waals surface area contributed by atoms with Crippen LogP contribution in [0.4, 0.5) is 0 Å². The molecule has 18 heteroatoms. The van der Waals surface area contributed by atoms with E-state index >= 15 is 0 Å². The summed E-state index contributed by atoms with van der Waals surface area (Å²) in [6.45, 7) is 5.51. The van der Waals surface area contributed by atoms with Crippen LogP contribution in [0.5, 0.6) is 0 Å². The highest BCUT2D eigenvalue weighted by Gasteiger charge is 2.45. The van der Waals surface area contributed by atoms with E-state index in [0.717, 1.165) is 22.3 Å². The van der Waals surface area contributed by atoms with Gasteiger partial charge < -0.3 is 28.4 Å². The largest absolute Gasteiger partial charge is 0.374 e. The molecule has 2 fully saturated rings. The van der Waals surface area contributed by atoms with E-state index in [2.05, 4.69) is 40.1 Å². The smallest absolute Gasteiger partial charge is 0.108 e. The van der Waals surface area contributed by atoms with Gasteiger partial charge in [0.1, 0.15) is 6.10 Å². The number of rotatable bonds is 18. The normalized spacial score (nSPS) is 25.7. The Labute approximate surface area is 347 Å². The van der Waals surface area contributed by atoms with E-state index in [9.17, 15) is 0 Å². The second-order valence-electron chi connectivity index (χ2n) is 14.1. The lowest BCUT2D eigenvalue weighted by Gasteiger charge is -2.42. The van der Waals surface area contributed by atoms with Crippen LogP contribution >= 0.6 is 0 Å². The van der Waals surface area contributed by atoms with Gasteiger partial charge in [-0.15, -0.1) is 0 Å². The fourth-order valence-corrected chi connectivity index (χ4v) is 7.02. The van der Waals surface area contributed by atoms with Crippen LogP contribution in [0.25, 0.3) is 41.8 Å². The minimum atomic E-state index is -0.705. The molecule has 312 valence electrons. The molecule has 0 radical (unpaired) electrons. The molecular weight excluding hydrogens is 769 g/mol. The van der Waals surface area contributed by atoms with E-state index in [4.69, 9.17) is 50.5 Å². The second kappa shape index (κ2) is 24.7. The van der Waals surface area contributed by atoms with Gasteiger partial charge in [0.15, 0.2) is 0 Å². The van der Waals surface area contributed by atoms with Gasteiger partial charge in [-0.25, -0.2) is 0 Å². The molecule has 0 aliphatic carbocycles. The molecule has 0 spiro atoms. The summed E-state index contributed by atoms with van der Waals surface area (Å²) in [6.07, 6.45) is -3.12. The molecule has 0 amide bonds. The zero-order valence-corrected chi connectivity index (χ0v) is 33.4. The Hall–Kier alpha value is -6.12. The quantitative estimate of drug-likeness (QED) is 0.0536. The number of benzene rings is 4. The first-order chi connectivity index (χ1) is 29.4. The first-order valence-electron chi connectivity index (χ1n) is 19.5. The number of azide groups is 4. The molecule has 0 unspecified atom stereocenters. The van der Waals surface area contributed by atoms with E-state index in [1.54, 1.807) is 6.92 Å². The SMILES string of the molecule is C[C@@H]1O[C@H](COCc2ccccc2)[C@@H](N=[N+]=[N-])[C@H](OCc2ccccc2)[C@H]1N=[N+]=[N-].C[C@@H]1O[C@H](COCc2ccccc2)[C@@H](OCc2ccccc2)[C@H](N=[N+]=[N-])[C@H]1N=[N+]=[N-]. The van der Waals surface area contributed by atoms with Crippen LogP contribution in [-0.2, 0) is 54.8 Å². The Balaban J connectivity index is 0.000000228. The van der Waals surface area contributed by atoms with Crippen LogP contribution in [0.2, 0.25) is 0 Å². The van der Waals surface area contributed by atoms with Crippen molar-refractivity contribution in [1.29, 1.82) is 0 Å². The van der Waals surface area contributed by atoms with Crippen molar-refractivity contribution < 1.29 is 28.4 Å². The van der Waals surface area contributed by atoms with Crippen LogP contribution in [0.3, 0.4) is 0 Å². The summed E-state index contributed by atoms with van der Waals surface area (Å²) in [4.78, 5) is 11.8. The molecule has 2 saturated heterocycles. The van der Waals surface area contributed by atoms with Crippen LogP contribution in [-0.4, -0.2) is 74.0 Å². The molecular formula is C42H48N12O6. The summed E-state index contributed by atoms with van der Waals surface area (Å²) in [5, 5.41) is 15.5. The van der Waals surface area contributed by atoms with Crippen molar-refractivity contribution in [3.8, 4) is 0 Å².